The summed E-state index contributed by atoms with van der Waals surface area (Å²) in [5.41, 5.74) is 1.54. The van der Waals surface area contributed by atoms with Gasteiger partial charge in [0.25, 0.3) is 0 Å². The third-order valence-electron chi connectivity index (χ3n) is 4.02. The Morgan fingerprint density at radius 2 is 1.94 bits per heavy atom. The van der Waals surface area contributed by atoms with E-state index in [1.54, 1.807) is 0 Å². The smallest absolute Gasteiger partial charge is 0.00383 e. The lowest BCUT2D eigenvalue weighted by atomic mass is 9.95. The fourth-order valence-corrected chi connectivity index (χ4v) is 2.78. The molecule has 1 aromatic rings. The van der Waals surface area contributed by atoms with E-state index in [9.17, 15) is 0 Å². The van der Waals surface area contributed by atoms with Crippen molar-refractivity contribution in [2.24, 2.45) is 11.8 Å². The van der Waals surface area contributed by atoms with Gasteiger partial charge in [0.1, 0.15) is 0 Å². The molecule has 0 aliphatic heterocycles. The van der Waals surface area contributed by atoms with E-state index in [2.05, 4.69) is 56.5 Å². The molecule has 0 bridgehead atoms. The Balaban J connectivity index is 1.87. The molecule has 1 aliphatic rings. The summed E-state index contributed by atoms with van der Waals surface area (Å²) >= 11 is 0. The standard InChI is InChI=1S/C15H23N/c1-11(9-12(2)16-3)14-10-15(14)13-7-5-4-6-8-13/h4-8,11-12,14-16H,9-10H2,1-3H3. The van der Waals surface area contributed by atoms with Crippen LogP contribution in [0.25, 0.3) is 0 Å². The van der Waals surface area contributed by atoms with Gasteiger partial charge in [-0.3, -0.25) is 0 Å². The largest absolute Gasteiger partial charge is 0.317 e. The van der Waals surface area contributed by atoms with E-state index in [4.69, 9.17) is 0 Å². The Morgan fingerprint density at radius 1 is 1.25 bits per heavy atom. The van der Waals surface area contributed by atoms with Gasteiger partial charge in [0, 0.05) is 6.04 Å². The van der Waals surface area contributed by atoms with Crippen LogP contribution in [0.15, 0.2) is 30.3 Å². The first-order valence-corrected chi connectivity index (χ1v) is 6.44. The zero-order chi connectivity index (χ0) is 11.5. The van der Waals surface area contributed by atoms with Crippen molar-refractivity contribution in [2.45, 2.75) is 38.6 Å². The molecule has 1 nitrogen and oxygen atoms in total. The van der Waals surface area contributed by atoms with E-state index < -0.39 is 0 Å². The van der Waals surface area contributed by atoms with Crippen LogP contribution in [0, 0.1) is 11.8 Å². The van der Waals surface area contributed by atoms with E-state index in [-0.39, 0.29) is 0 Å². The first-order valence-electron chi connectivity index (χ1n) is 6.44. The van der Waals surface area contributed by atoms with Gasteiger partial charge in [-0.25, -0.2) is 0 Å². The van der Waals surface area contributed by atoms with Crippen molar-refractivity contribution in [3.63, 3.8) is 0 Å². The van der Waals surface area contributed by atoms with Crippen LogP contribution in [0.3, 0.4) is 0 Å². The molecule has 1 N–H and O–H groups in total. The van der Waals surface area contributed by atoms with Crippen LogP contribution in [0.2, 0.25) is 0 Å². The van der Waals surface area contributed by atoms with Gasteiger partial charge in [0.15, 0.2) is 0 Å². The van der Waals surface area contributed by atoms with E-state index in [0.717, 1.165) is 17.8 Å². The Kier molecular flexibility index (Phi) is 3.65. The van der Waals surface area contributed by atoms with Gasteiger partial charge in [-0.2, -0.15) is 0 Å². The second-order valence-corrected chi connectivity index (χ2v) is 5.32. The molecule has 0 aromatic heterocycles. The van der Waals surface area contributed by atoms with Crippen molar-refractivity contribution in [1.82, 2.24) is 5.32 Å². The van der Waals surface area contributed by atoms with E-state index in [1.165, 1.54) is 18.4 Å². The molecular formula is C15H23N. The molecule has 0 amide bonds. The summed E-state index contributed by atoms with van der Waals surface area (Å²) in [7, 11) is 2.05. The van der Waals surface area contributed by atoms with Crippen LogP contribution in [0.4, 0.5) is 0 Å². The Labute approximate surface area is 99.3 Å². The molecule has 1 aliphatic carbocycles. The summed E-state index contributed by atoms with van der Waals surface area (Å²) in [5, 5.41) is 3.33. The average Bonchev–Trinajstić information content (AvgIpc) is 3.10. The molecule has 88 valence electrons. The molecule has 1 fully saturated rings. The molecule has 16 heavy (non-hydrogen) atoms. The highest BCUT2D eigenvalue weighted by Crippen LogP contribution is 2.52. The molecule has 4 unspecified atom stereocenters. The summed E-state index contributed by atoms with van der Waals surface area (Å²) < 4.78 is 0. The third kappa shape index (κ3) is 2.65. The lowest BCUT2D eigenvalue weighted by molar-refractivity contribution is 0.398. The Hall–Kier alpha value is -0.820. The monoisotopic (exact) mass is 217 g/mol. The molecule has 1 heteroatoms. The highest BCUT2D eigenvalue weighted by atomic mass is 14.8. The lowest BCUT2D eigenvalue weighted by Gasteiger charge is -2.16. The van der Waals surface area contributed by atoms with Gasteiger partial charge in [0.2, 0.25) is 0 Å². The van der Waals surface area contributed by atoms with Crippen molar-refractivity contribution in [2.75, 3.05) is 7.05 Å². The van der Waals surface area contributed by atoms with Gasteiger partial charge < -0.3 is 5.32 Å². The predicted molar refractivity (Wildman–Crippen MR) is 69.6 cm³/mol. The Morgan fingerprint density at radius 3 is 2.56 bits per heavy atom. The number of rotatable bonds is 5. The number of nitrogens with one attached hydrogen (secondary N) is 1. The normalized spacial score (nSPS) is 27.4. The number of benzene rings is 1. The zero-order valence-corrected chi connectivity index (χ0v) is 10.6. The molecule has 4 atom stereocenters. The maximum Gasteiger partial charge on any atom is 0.00383 e. The molecule has 0 spiro atoms. The minimum absolute atomic E-state index is 0.645. The highest BCUT2D eigenvalue weighted by Gasteiger charge is 2.41. The molecule has 0 heterocycles. The molecular weight excluding hydrogens is 194 g/mol. The second-order valence-electron chi connectivity index (χ2n) is 5.32. The van der Waals surface area contributed by atoms with Crippen molar-refractivity contribution in [1.29, 1.82) is 0 Å². The fourth-order valence-electron chi connectivity index (χ4n) is 2.78. The molecule has 1 aromatic carbocycles. The van der Waals surface area contributed by atoms with Crippen molar-refractivity contribution in [3.05, 3.63) is 35.9 Å². The van der Waals surface area contributed by atoms with Crippen molar-refractivity contribution in [3.8, 4) is 0 Å². The van der Waals surface area contributed by atoms with Crippen LogP contribution in [0.5, 0.6) is 0 Å². The molecule has 0 radical (unpaired) electrons. The minimum Gasteiger partial charge on any atom is -0.317 e. The van der Waals surface area contributed by atoms with Crippen LogP contribution < -0.4 is 5.32 Å². The van der Waals surface area contributed by atoms with Crippen molar-refractivity contribution >= 4 is 0 Å². The van der Waals surface area contributed by atoms with Gasteiger partial charge in [-0.05, 0) is 50.1 Å². The van der Waals surface area contributed by atoms with Gasteiger partial charge in [-0.15, -0.1) is 0 Å². The summed E-state index contributed by atoms with van der Waals surface area (Å²) in [6.07, 6.45) is 2.69. The first-order chi connectivity index (χ1) is 7.72. The van der Waals surface area contributed by atoms with Crippen LogP contribution >= 0.6 is 0 Å². The summed E-state index contributed by atoms with van der Waals surface area (Å²) in [4.78, 5) is 0. The van der Waals surface area contributed by atoms with Crippen LogP contribution in [0.1, 0.15) is 38.2 Å². The minimum atomic E-state index is 0.645. The van der Waals surface area contributed by atoms with E-state index >= 15 is 0 Å². The SMILES string of the molecule is CNC(C)CC(C)C1CC1c1ccccc1. The van der Waals surface area contributed by atoms with Crippen LogP contribution in [-0.2, 0) is 0 Å². The number of hydrogen-bond acceptors (Lipinski definition) is 1. The highest BCUT2D eigenvalue weighted by molar-refractivity contribution is 5.25. The third-order valence-corrected chi connectivity index (χ3v) is 4.02. The van der Waals surface area contributed by atoms with Gasteiger partial charge in [0.05, 0.1) is 0 Å². The van der Waals surface area contributed by atoms with Gasteiger partial charge >= 0.3 is 0 Å². The number of hydrogen-bond donors (Lipinski definition) is 1. The summed E-state index contributed by atoms with van der Waals surface area (Å²) in [5.74, 6) is 2.59. The van der Waals surface area contributed by atoms with Crippen molar-refractivity contribution < 1.29 is 0 Å². The second kappa shape index (κ2) is 5.01. The zero-order valence-electron chi connectivity index (χ0n) is 10.6. The molecule has 2 rings (SSSR count). The maximum atomic E-state index is 3.33. The van der Waals surface area contributed by atoms with E-state index in [0.29, 0.717) is 6.04 Å². The predicted octanol–water partition coefficient (Wildman–Crippen LogP) is 3.42. The van der Waals surface area contributed by atoms with Crippen LogP contribution in [-0.4, -0.2) is 13.1 Å². The van der Waals surface area contributed by atoms with E-state index in [1.807, 2.05) is 0 Å². The first kappa shape index (κ1) is 11.7. The molecule has 1 saturated carbocycles. The quantitative estimate of drug-likeness (QED) is 0.797. The van der Waals surface area contributed by atoms with Gasteiger partial charge in [-0.1, -0.05) is 37.3 Å². The maximum absolute atomic E-state index is 3.33. The average molecular weight is 217 g/mol. The summed E-state index contributed by atoms with van der Waals surface area (Å²) in [6, 6.07) is 11.6. The fraction of sp³-hybridized carbons (Fsp3) is 0.600. The topological polar surface area (TPSA) is 12.0 Å². The summed E-state index contributed by atoms with van der Waals surface area (Å²) in [6.45, 7) is 4.68. The lowest BCUT2D eigenvalue weighted by Crippen LogP contribution is -2.24. The Bertz CT molecular complexity index is 319. The molecule has 0 saturated heterocycles.